The van der Waals surface area contributed by atoms with Gasteiger partial charge >= 0.3 is 11.1 Å². The number of hydrogen-bond donors (Lipinski definition) is 0. The Morgan fingerprint density at radius 2 is 1.94 bits per heavy atom. The zero-order valence-electron chi connectivity index (χ0n) is 8.81. The van der Waals surface area contributed by atoms with Crippen LogP contribution in [0.25, 0.3) is 11.0 Å². The summed E-state index contributed by atoms with van der Waals surface area (Å²) in [6, 6.07) is 7.12. The van der Waals surface area contributed by atoms with E-state index in [1.807, 2.05) is 19.1 Å². The molecule has 0 saturated heterocycles. The van der Waals surface area contributed by atoms with Crippen molar-refractivity contribution in [1.82, 2.24) is 9.13 Å². The van der Waals surface area contributed by atoms with Crippen LogP contribution in [0.3, 0.4) is 0 Å². The Labute approximate surface area is 97.0 Å². The van der Waals surface area contributed by atoms with Gasteiger partial charge in [0, 0.05) is 6.54 Å². The fourth-order valence-corrected chi connectivity index (χ4v) is 1.98. The molecule has 1 heterocycles. The first-order valence-electron chi connectivity index (χ1n) is 5.07. The van der Waals surface area contributed by atoms with E-state index in [0.29, 0.717) is 12.1 Å². The van der Waals surface area contributed by atoms with Gasteiger partial charge in [-0.15, -0.1) is 0 Å². The topological polar surface area (TPSA) is 44.0 Å². The minimum atomic E-state index is -0.768. The number of aromatic nitrogens is 2. The van der Waals surface area contributed by atoms with Crippen LogP contribution in [0.1, 0.15) is 13.3 Å². The molecule has 2 aromatic rings. The van der Waals surface area contributed by atoms with Crippen LogP contribution in [0, 0.1) is 0 Å². The number of carbonyl (C=O) groups excluding carboxylic acids is 1. The molecule has 0 N–H and O–H groups in total. The maximum Gasteiger partial charge on any atom is 0.336 e. The monoisotopic (exact) mass is 238 g/mol. The molecule has 0 unspecified atom stereocenters. The molecule has 0 atom stereocenters. The summed E-state index contributed by atoms with van der Waals surface area (Å²) in [5.74, 6) is 0. The number of imidazole rings is 1. The van der Waals surface area contributed by atoms with E-state index in [-0.39, 0.29) is 5.69 Å². The average Bonchev–Trinajstić information content (AvgIpc) is 2.53. The number of nitrogens with zero attached hydrogens (tertiary/aromatic N) is 2. The molecule has 0 saturated carbocycles. The van der Waals surface area contributed by atoms with Crippen molar-refractivity contribution in [3.05, 3.63) is 34.7 Å². The summed E-state index contributed by atoms with van der Waals surface area (Å²) in [5.41, 5.74) is 0.923. The number of carbonyl (C=O) groups is 1. The van der Waals surface area contributed by atoms with Crippen LogP contribution in [-0.2, 0) is 6.54 Å². The Hall–Kier alpha value is -1.55. The van der Waals surface area contributed by atoms with E-state index in [2.05, 4.69) is 0 Å². The molecule has 0 bridgehead atoms. The van der Waals surface area contributed by atoms with Gasteiger partial charge in [0.15, 0.2) is 0 Å². The van der Waals surface area contributed by atoms with Crippen molar-refractivity contribution in [1.29, 1.82) is 0 Å². The lowest BCUT2D eigenvalue weighted by atomic mass is 10.3. The van der Waals surface area contributed by atoms with Gasteiger partial charge in [-0.25, -0.2) is 9.36 Å². The third-order valence-corrected chi connectivity index (χ3v) is 2.63. The zero-order chi connectivity index (χ0) is 11.7. The van der Waals surface area contributed by atoms with Crippen molar-refractivity contribution in [3.8, 4) is 0 Å². The Morgan fingerprint density at radius 3 is 2.50 bits per heavy atom. The lowest BCUT2D eigenvalue weighted by molar-refractivity contribution is 0.261. The predicted molar refractivity (Wildman–Crippen MR) is 63.1 cm³/mol. The summed E-state index contributed by atoms with van der Waals surface area (Å²) in [7, 11) is 0. The van der Waals surface area contributed by atoms with Crippen molar-refractivity contribution in [3.63, 3.8) is 0 Å². The van der Waals surface area contributed by atoms with Gasteiger partial charge in [-0.2, -0.15) is 0 Å². The number of halogens is 1. The van der Waals surface area contributed by atoms with E-state index in [1.165, 1.54) is 0 Å². The Balaban J connectivity index is 2.86. The highest BCUT2D eigenvalue weighted by molar-refractivity contribution is 6.63. The van der Waals surface area contributed by atoms with Gasteiger partial charge in [0.2, 0.25) is 0 Å². The number of rotatable bonds is 2. The summed E-state index contributed by atoms with van der Waals surface area (Å²) < 4.78 is 2.56. The molecule has 1 aromatic heterocycles. The molecule has 0 fully saturated rings. The number of para-hydroxylation sites is 2. The van der Waals surface area contributed by atoms with Crippen LogP contribution >= 0.6 is 11.6 Å². The van der Waals surface area contributed by atoms with Gasteiger partial charge in [0.1, 0.15) is 0 Å². The van der Waals surface area contributed by atoms with Gasteiger partial charge in [0.25, 0.3) is 0 Å². The third kappa shape index (κ3) is 1.55. The van der Waals surface area contributed by atoms with E-state index in [0.717, 1.165) is 16.5 Å². The lowest BCUT2D eigenvalue weighted by Crippen LogP contribution is -2.26. The van der Waals surface area contributed by atoms with Crippen molar-refractivity contribution < 1.29 is 4.79 Å². The molecule has 1 aromatic carbocycles. The molecule has 5 heteroatoms. The molecule has 84 valence electrons. The fraction of sp³-hybridized carbons (Fsp3) is 0.273. The summed E-state index contributed by atoms with van der Waals surface area (Å²) in [5, 5.41) is -0.768. The third-order valence-electron chi connectivity index (χ3n) is 2.46. The van der Waals surface area contributed by atoms with E-state index < -0.39 is 5.37 Å². The van der Waals surface area contributed by atoms with E-state index >= 15 is 0 Å². The maximum atomic E-state index is 11.9. The summed E-state index contributed by atoms with van der Waals surface area (Å²) in [6.45, 7) is 2.55. The summed E-state index contributed by atoms with van der Waals surface area (Å²) in [4.78, 5) is 23.2. The van der Waals surface area contributed by atoms with Gasteiger partial charge in [-0.05, 0) is 30.2 Å². The Kier molecular flexibility index (Phi) is 2.83. The van der Waals surface area contributed by atoms with E-state index in [4.69, 9.17) is 11.6 Å². The Bertz CT molecular complexity index is 598. The van der Waals surface area contributed by atoms with Gasteiger partial charge in [0.05, 0.1) is 11.0 Å². The normalized spacial score (nSPS) is 10.9. The van der Waals surface area contributed by atoms with Crippen LogP contribution in [0.5, 0.6) is 0 Å². The van der Waals surface area contributed by atoms with Crippen LogP contribution in [0.4, 0.5) is 4.79 Å². The van der Waals surface area contributed by atoms with Crippen LogP contribution in [0.2, 0.25) is 0 Å². The lowest BCUT2D eigenvalue weighted by Gasteiger charge is -1.98. The first-order valence-corrected chi connectivity index (χ1v) is 5.44. The number of aryl methyl sites for hydroxylation is 1. The van der Waals surface area contributed by atoms with Gasteiger partial charge < -0.3 is 0 Å². The SMILES string of the molecule is CCCn1c(=O)n(C(=O)Cl)c2ccccc21. The quantitative estimate of drug-likeness (QED) is 0.755. The minimum absolute atomic E-state index is 0.372. The largest absolute Gasteiger partial charge is 0.336 e. The zero-order valence-corrected chi connectivity index (χ0v) is 9.57. The molecule has 2 rings (SSSR count). The molecule has 0 radical (unpaired) electrons. The summed E-state index contributed by atoms with van der Waals surface area (Å²) >= 11 is 5.41. The van der Waals surface area contributed by atoms with Crippen molar-refractivity contribution in [2.45, 2.75) is 19.9 Å². The second kappa shape index (κ2) is 4.14. The van der Waals surface area contributed by atoms with Gasteiger partial charge in [-0.3, -0.25) is 9.36 Å². The molecule has 0 aliphatic rings. The van der Waals surface area contributed by atoms with Crippen molar-refractivity contribution in [2.24, 2.45) is 0 Å². The van der Waals surface area contributed by atoms with Crippen molar-refractivity contribution in [2.75, 3.05) is 0 Å². The van der Waals surface area contributed by atoms with Crippen LogP contribution < -0.4 is 5.69 Å². The molecule has 0 aliphatic heterocycles. The minimum Gasteiger partial charge on any atom is -0.292 e. The van der Waals surface area contributed by atoms with Crippen LogP contribution in [0.15, 0.2) is 29.1 Å². The highest BCUT2D eigenvalue weighted by Crippen LogP contribution is 2.13. The molecular weight excluding hydrogens is 228 g/mol. The Morgan fingerprint density at radius 1 is 1.31 bits per heavy atom. The molecule has 4 nitrogen and oxygen atoms in total. The molecule has 0 amide bonds. The average molecular weight is 239 g/mol. The second-order valence-corrected chi connectivity index (χ2v) is 3.83. The molecule has 0 spiro atoms. The van der Waals surface area contributed by atoms with E-state index in [9.17, 15) is 9.59 Å². The number of hydrogen-bond acceptors (Lipinski definition) is 2. The van der Waals surface area contributed by atoms with Gasteiger partial charge in [-0.1, -0.05) is 19.1 Å². The van der Waals surface area contributed by atoms with Crippen LogP contribution in [-0.4, -0.2) is 14.5 Å². The summed E-state index contributed by atoms with van der Waals surface area (Å²) in [6.07, 6.45) is 0.824. The highest BCUT2D eigenvalue weighted by atomic mass is 35.5. The van der Waals surface area contributed by atoms with Crippen molar-refractivity contribution >= 4 is 28.0 Å². The van der Waals surface area contributed by atoms with E-state index in [1.54, 1.807) is 16.7 Å². The predicted octanol–water partition coefficient (Wildman–Crippen LogP) is 2.42. The standard InChI is InChI=1S/C11H11ClN2O2/c1-2-7-13-8-5-3-4-6-9(8)14(10(12)15)11(13)16/h3-6H,2,7H2,1H3. The second-order valence-electron chi connectivity index (χ2n) is 3.51. The smallest absolute Gasteiger partial charge is 0.292 e. The maximum absolute atomic E-state index is 11.9. The number of fused-ring (bicyclic) bond motifs is 1. The fourth-order valence-electron chi connectivity index (χ4n) is 1.82. The molecular formula is C11H11ClN2O2. The first-order chi connectivity index (χ1) is 7.66. The number of benzene rings is 1. The molecule has 0 aliphatic carbocycles. The molecule has 16 heavy (non-hydrogen) atoms. The first kappa shape index (κ1) is 11.0. The highest BCUT2D eigenvalue weighted by Gasteiger charge is 2.15.